The number of hydrazone groups is 1. The molecule has 2 nitrogen and oxygen atoms in total. The molecule has 2 heteroatoms. The van der Waals surface area contributed by atoms with E-state index in [1.807, 2.05) is 13.8 Å². The van der Waals surface area contributed by atoms with Gasteiger partial charge in [0.05, 0.1) is 0 Å². The van der Waals surface area contributed by atoms with Gasteiger partial charge in [-0.15, -0.1) is 0 Å². The van der Waals surface area contributed by atoms with Crippen LogP contribution in [0, 0.1) is 0 Å². The van der Waals surface area contributed by atoms with E-state index in [9.17, 15) is 0 Å². The second kappa shape index (κ2) is 6.59. The van der Waals surface area contributed by atoms with Crippen LogP contribution in [0.2, 0.25) is 0 Å². The molecule has 0 heterocycles. The van der Waals surface area contributed by atoms with Gasteiger partial charge in [0.25, 0.3) is 0 Å². The Kier molecular flexibility index (Phi) is 6.24. The fraction of sp³-hybridized carbons (Fsp3) is 0.875. The van der Waals surface area contributed by atoms with E-state index in [2.05, 4.69) is 17.5 Å². The zero-order chi connectivity index (χ0) is 7.82. The maximum absolute atomic E-state index is 4.06. The van der Waals surface area contributed by atoms with Gasteiger partial charge in [-0.2, -0.15) is 5.10 Å². The molecule has 60 valence electrons. The summed E-state index contributed by atoms with van der Waals surface area (Å²) in [7, 11) is 0. The molecule has 0 radical (unpaired) electrons. The van der Waals surface area contributed by atoms with E-state index < -0.39 is 0 Å². The minimum Gasteiger partial charge on any atom is -0.310 e. The first-order valence-corrected chi connectivity index (χ1v) is 4.01. The Balaban J connectivity index is 2.98. The van der Waals surface area contributed by atoms with Crippen LogP contribution < -0.4 is 5.43 Å². The fourth-order valence-electron chi connectivity index (χ4n) is 0.668. The Hall–Kier alpha value is -0.530. The molecular weight excluding hydrogens is 124 g/mol. The van der Waals surface area contributed by atoms with Crippen molar-refractivity contribution in [2.24, 2.45) is 5.10 Å². The van der Waals surface area contributed by atoms with Crippen molar-refractivity contribution < 1.29 is 0 Å². The predicted molar refractivity (Wildman–Crippen MR) is 46.3 cm³/mol. The Morgan fingerprint density at radius 2 is 2.00 bits per heavy atom. The second-order valence-electron chi connectivity index (χ2n) is 2.67. The molecule has 0 spiro atoms. The molecule has 10 heavy (non-hydrogen) atoms. The average Bonchev–Trinajstić information content (AvgIpc) is 1.87. The van der Waals surface area contributed by atoms with Crippen molar-refractivity contribution in [3.63, 3.8) is 0 Å². The summed E-state index contributed by atoms with van der Waals surface area (Å²) in [6, 6.07) is 0. The lowest BCUT2D eigenvalue weighted by atomic mass is 10.2. The maximum atomic E-state index is 4.06. The van der Waals surface area contributed by atoms with Crippen LogP contribution in [-0.2, 0) is 0 Å². The summed E-state index contributed by atoms with van der Waals surface area (Å²) in [5.74, 6) is 0. The van der Waals surface area contributed by atoms with E-state index in [4.69, 9.17) is 0 Å². The van der Waals surface area contributed by atoms with Crippen molar-refractivity contribution in [2.75, 3.05) is 6.54 Å². The summed E-state index contributed by atoms with van der Waals surface area (Å²) in [4.78, 5) is 0. The van der Waals surface area contributed by atoms with Gasteiger partial charge >= 0.3 is 0 Å². The van der Waals surface area contributed by atoms with E-state index in [0.29, 0.717) is 0 Å². The van der Waals surface area contributed by atoms with Crippen molar-refractivity contribution in [3.05, 3.63) is 0 Å². The lowest BCUT2D eigenvalue weighted by Crippen LogP contribution is -2.08. The fourth-order valence-corrected chi connectivity index (χ4v) is 0.668. The first-order chi connectivity index (χ1) is 4.77. The van der Waals surface area contributed by atoms with Crippen molar-refractivity contribution in [1.82, 2.24) is 5.43 Å². The first-order valence-electron chi connectivity index (χ1n) is 4.01. The van der Waals surface area contributed by atoms with Crippen LogP contribution in [0.5, 0.6) is 0 Å². The molecule has 0 unspecified atom stereocenters. The smallest absolute Gasteiger partial charge is 0.0329 e. The molecule has 0 rings (SSSR count). The van der Waals surface area contributed by atoms with Gasteiger partial charge in [0.2, 0.25) is 0 Å². The van der Waals surface area contributed by atoms with Crippen molar-refractivity contribution >= 4 is 5.71 Å². The van der Waals surface area contributed by atoms with Crippen LogP contribution in [0.15, 0.2) is 5.10 Å². The van der Waals surface area contributed by atoms with Crippen molar-refractivity contribution in [1.29, 1.82) is 0 Å². The lowest BCUT2D eigenvalue weighted by molar-refractivity contribution is 0.639. The van der Waals surface area contributed by atoms with Crippen LogP contribution >= 0.6 is 0 Å². The summed E-state index contributed by atoms with van der Waals surface area (Å²) >= 11 is 0. The Morgan fingerprint density at radius 3 is 2.50 bits per heavy atom. The minimum atomic E-state index is 1.01. The normalized spacial score (nSPS) is 9.10. The van der Waals surface area contributed by atoms with E-state index >= 15 is 0 Å². The van der Waals surface area contributed by atoms with Crippen molar-refractivity contribution in [3.8, 4) is 0 Å². The van der Waals surface area contributed by atoms with Gasteiger partial charge in [-0.3, -0.25) is 0 Å². The van der Waals surface area contributed by atoms with E-state index in [-0.39, 0.29) is 0 Å². The standard InChI is InChI=1S/C8H18N2/c1-4-5-6-7-9-10-8(2)3/h9H,4-7H2,1-3H3. The molecule has 0 aromatic heterocycles. The molecule has 0 aliphatic rings. The predicted octanol–water partition coefficient (Wildman–Crippen LogP) is 2.16. The number of unbranched alkanes of at least 4 members (excludes halogenated alkanes) is 2. The van der Waals surface area contributed by atoms with Crippen LogP contribution in [0.25, 0.3) is 0 Å². The molecule has 0 saturated heterocycles. The van der Waals surface area contributed by atoms with E-state index in [1.54, 1.807) is 0 Å². The third-order valence-electron chi connectivity index (χ3n) is 1.19. The molecule has 0 atom stereocenters. The average molecular weight is 142 g/mol. The highest BCUT2D eigenvalue weighted by molar-refractivity contribution is 5.78. The molecule has 0 aliphatic heterocycles. The van der Waals surface area contributed by atoms with Crippen molar-refractivity contribution in [2.45, 2.75) is 40.0 Å². The molecule has 1 N–H and O–H groups in total. The summed E-state index contributed by atoms with van der Waals surface area (Å²) in [6.07, 6.45) is 3.80. The topological polar surface area (TPSA) is 24.4 Å². The first kappa shape index (κ1) is 9.47. The van der Waals surface area contributed by atoms with Gasteiger partial charge in [0.15, 0.2) is 0 Å². The lowest BCUT2D eigenvalue weighted by Gasteiger charge is -1.98. The molecule has 0 bridgehead atoms. The summed E-state index contributed by atoms with van der Waals surface area (Å²) in [5.41, 5.74) is 4.10. The zero-order valence-electron chi connectivity index (χ0n) is 7.28. The molecule has 0 aromatic rings. The Labute approximate surface area is 63.7 Å². The SMILES string of the molecule is CCCCCNN=C(C)C. The molecule has 0 aromatic carbocycles. The summed E-state index contributed by atoms with van der Waals surface area (Å²) < 4.78 is 0. The molecule has 0 fully saturated rings. The van der Waals surface area contributed by atoms with Crippen LogP contribution in [0.3, 0.4) is 0 Å². The van der Waals surface area contributed by atoms with E-state index in [0.717, 1.165) is 12.3 Å². The van der Waals surface area contributed by atoms with Crippen LogP contribution in [0.1, 0.15) is 40.0 Å². The van der Waals surface area contributed by atoms with Gasteiger partial charge in [-0.1, -0.05) is 19.8 Å². The van der Waals surface area contributed by atoms with Crippen LogP contribution in [0.4, 0.5) is 0 Å². The maximum Gasteiger partial charge on any atom is 0.0329 e. The van der Waals surface area contributed by atoms with E-state index in [1.165, 1.54) is 19.3 Å². The zero-order valence-corrected chi connectivity index (χ0v) is 7.28. The highest BCUT2D eigenvalue weighted by atomic mass is 15.3. The molecule has 0 amide bonds. The highest BCUT2D eigenvalue weighted by Gasteiger charge is 1.82. The quantitative estimate of drug-likeness (QED) is 0.355. The minimum absolute atomic E-state index is 1.01. The van der Waals surface area contributed by atoms with Gasteiger partial charge in [0.1, 0.15) is 0 Å². The highest BCUT2D eigenvalue weighted by Crippen LogP contribution is 1.90. The van der Waals surface area contributed by atoms with Gasteiger partial charge in [-0.25, -0.2) is 0 Å². The number of hydrogen-bond acceptors (Lipinski definition) is 2. The summed E-state index contributed by atoms with van der Waals surface area (Å²) in [6.45, 7) is 7.20. The Bertz CT molecular complexity index is 93.4. The summed E-state index contributed by atoms with van der Waals surface area (Å²) in [5, 5.41) is 4.06. The third kappa shape index (κ3) is 7.47. The number of nitrogens with one attached hydrogen (secondary N) is 1. The number of nitrogens with zero attached hydrogens (tertiary/aromatic N) is 1. The number of hydrogen-bond donors (Lipinski definition) is 1. The number of rotatable bonds is 5. The molecular formula is C8H18N2. The van der Waals surface area contributed by atoms with Gasteiger partial charge in [-0.05, 0) is 20.3 Å². The van der Waals surface area contributed by atoms with Gasteiger partial charge < -0.3 is 5.43 Å². The third-order valence-corrected chi connectivity index (χ3v) is 1.19. The monoisotopic (exact) mass is 142 g/mol. The second-order valence-corrected chi connectivity index (χ2v) is 2.67. The largest absolute Gasteiger partial charge is 0.310 e. The Morgan fingerprint density at radius 1 is 1.30 bits per heavy atom. The molecule has 0 aliphatic carbocycles. The van der Waals surface area contributed by atoms with Gasteiger partial charge in [0, 0.05) is 12.3 Å². The molecule has 0 saturated carbocycles. The van der Waals surface area contributed by atoms with Crippen LogP contribution in [-0.4, -0.2) is 12.3 Å².